The molecule has 1 unspecified atom stereocenters. The third-order valence-electron chi connectivity index (χ3n) is 3.84. The molecular formula is C18H18OSSe. The number of ketones is 1. The van der Waals surface area contributed by atoms with Gasteiger partial charge in [-0.2, -0.15) is 0 Å². The standard InChI is InChI=1S/C18H18OSSe/c1-18(2,21-13-8-4-3-5-9-13)15-12-20-16-11-7-6-10-14(16)17(15)19/h3-11,15H,12H2,1-2H3. The summed E-state index contributed by atoms with van der Waals surface area (Å²) < 4.78 is 1.40. The number of Topliss-reactive ketones (excluding diaryl/α,β-unsaturated/α-hetero) is 1. The monoisotopic (exact) mass is 362 g/mol. The predicted molar refractivity (Wildman–Crippen MR) is 90.9 cm³/mol. The molecule has 1 atom stereocenters. The van der Waals surface area contributed by atoms with Crippen molar-refractivity contribution in [3.05, 3.63) is 60.2 Å². The van der Waals surface area contributed by atoms with Crippen molar-refractivity contribution in [2.75, 3.05) is 5.75 Å². The summed E-state index contributed by atoms with van der Waals surface area (Å²) in [6, 6.07) is 18.6. The zero-order chi connectivity index (χ0) is 14.9. The van der Waals surface area contributed by atoms with Crippen LogP contribution in [-0.2, 0) is 0 Å². The first kappa shape index (κ1) is 14.9. The van der Waals surface area contributed by atoms with Crippen LogP contribution in [-0.4, -0.2) is 26.5 Å². The van der Waals surface area contributed by atoms with E-state index < -0.39 is 0 Å². The Bertz CT molecular complexity index is 651. The molecule has 0 spiro atoms. The zero-order valence-electron chi connectivity index (χ0n) is 12.2. The maximum absolute atomic E-state index is 12.9. The maximum atomic E-state index is 12.9. The number of fused-ring (bicyclic) bond motifs is 1. The second-order valence-electron chi connectivity index (χ2n) is 5.74. The first-order valence-electron chi connectivity index (χ1n) is 7.08. The number of carbonyl (C=O) groups is 1. The van der Waals surface area contributed by atoms with E-state index in [0.717, 1.165) is 16.2 Å². The molecule has 3 heteroatoms. The summed E-state index contributed by atoms with van der Waals surface area (Å²) in [4.78, 5) is 14.0. The molecule has 2 aromatic rings. The topological polar surface area (TPSA) is 17.1 Å². The van der Waals surface area contributed by atoms with E-state index in [0.29, 0.717) is 20.7 Å². The first-order chi connectivity index (χ1) is 10.1. The third-order valence-corrected chi connectivity index (χ3v) is 7.77. The SMILES string of the molecule is CC(C)([Se]c1ccccc1)C1CSc2ccccc2C1=O. The molecular weight excluding hydrogens is 343 g/mol. The van der Waals surface area contributed by atoms with E-state index in [1.54, 1.807) is 0 Å². The Morgan fingerprint density at radius 2 is 1.71 bits per heavy atom. The van der Waals surface area contributed by atoms with Gasteiger partial charge in [-0.25, -0.2) is 0 Å². The van der Waals surface area contributed by atoms with E-state index in [4.69, 9.17) is 0 Å². The van der Waals surface area contributed by atoms with E-state index in [2.05, 4.69) is 44.2 Å². The van der Waals surface area contributed by atoms with Gasteiger partial charge in [0.25, 0.3) is 0 Å². The van der Waals surface area contributed by atoms with Crippen LogP contribution in [0, 0.1) is 5.92 Å². The van der Waals surface area contributed by atoms with Gasteiger partial charge in [0, 0.05) is 0 Å². The van der Waals surface area contributed by atoms with Gasteiger partial charge in [0.15, 0.2) is 0 Å². The number of carbonyl (C=O) groups excluding carboxylic acids is 1. The summed E-state index contributed by atoms with van der Waals surface area (Å²) in [5.74, 6) is 1.34. The van der Waals surface area contributed by atoms with Gasteiger partial charge < -0.3 is 0 Å². The molecule has 0 saturated carbocycles. The zero-order valence-corrected chi connectivity index (χ0v) is 14.7. The Hall–Kier alpha value is -1.02. The number of hydrogen-bond donors (Lipinski definition) is 0. The van der Waals surface area contributed by atoms with Crippen LogP contribution in [0.2, 0.25) is 4.31 Å². The predicted octanol–water partition coefficient (Wildman–Crippen LogP) is 3.82. The van der Waals surface area contributed by atoms with Gasteiger partial charge in [-0.05, 0) is 0 Å². The van der Waals surface area contributed by atoms with Gasteiger partial charge in [-0.1, -0.05) is 0 Å². The Morgan fingerprint density at radius 1 is 1.05 bits per heavy atom. The quantitative estimate of drug-likeness (QED) is 0.773. The van der Waals surface area contributed by atoms with Crippen LogP contribution in [0.15, 0.2) is 59.5 Å². The van der Waals surface area contributed by atoms with Crippen LogP contribution >= 0.6 is 11.8 Å². The second kappa shape index (κ2) is 6.00. The first-order valence-corrected chi connectivity index (χ1v) is 9.78. The number of rotatable bonds is 3. The Kier molecular flexibility index (Phi) is 4.26. The van der Waals surface area contributed by atoms with Crippen molar-refractivity contribution in [3.63, 3.8) is 0 Å². The van der Waals surface area contributed by atoms with Crippen LogP contribution in [0.25, 0.3) is 0 Å². The summed E-state index contributed by atoms with van der Waals surface area (Å²) >= 11 is 2.12. The minimum atomic E-state index is 0.0337. The van der Waals surface area contributed by atoms with E-state index >= 15 is 0 Å². The molecule has 0 aliphatic carbocycles. The molecule has 0 saturated heterocycles. The van der Waals surface area contributed by atoms with Crippen LogP contribution in [0.5, 0.6) is 0 Å². The molecule has 2 aromatic carbocycles. The van der Waals surface area contributed by atoms with Crippen LogP contribution < -0.4 is 4.46 Å². The summed E-state index contributed by atoms with van der Waals surface area (Å²) in [7, 11) is 0. The second-order valence-corrected chi connectivity index (χ2v) is 10.4. The molecule has 0 radical (unpaired) electrons. The fraction of sp³-hybridized carbons (Fsp3) is 0.278. The van der Waals surface area contributed by atoms with Gasteiger partial charge in [-0.3, -0.25) is 0 Å². The van der Waals surface area contributed by atoms with Crippen molar-refractivity contribution in [2.45, 2.75) is 23.1 Å². The van der Waals surface area contributed by atoms with E-state index in [9.17, 15) is 4.79 Å². The van der Waals surface area contributed by atoms with Crippen molar-refractivity contribution in [3.8, 4) is 0 Å². The van der Waals surface area contributed by atoms with Crippen molar-refractivity contribution in [1.82, 2.24) is 0 Å². The van der Waals surface area contributed by atoms with Crippen molar-refractivity contribution in [1.29, 1.82) is 0 Å². The fourth-order valence-corrected chi connectivity index (χ4v) is 6.85. The Morgan fingerprint density at radius 3 is 2.48 bits per heavy atom. The van der Waals surface area contributed by atoms with Crippen LogP contribution in [0.3, 0.4) is 0 Å². The molecule has 0 fully saturated rings. The number of benzene rings is 2. The molecule has 0 aromatic heterocycles. The number of thioether (sulfide) groups is 1. The average Bonchev–Trinajstić information content (AvgIpc) is 2.48. The summed E-state index contributed by atoms with van der Waals surface area (Å²) in [5, 5.41) is 0. The number of hydrogen-bond acceptors (Lipinski definition) is 2. The minimum absolute atomic E-state index is 0.0337. The Labute approximate surface area is 136 Å². The molecule has 1 aliphatic rings. The van der Waals surface area contributed by atoms with Crippen LogP contribution in [0.4, 0.5) is 0 Å². The van der Waals surface area contributed by atoms with Crippen molar-refractivity contribution >= 4 is 37.0 Å². The summed E-state index contributed by atoms with van der Waals surface area (Å²) in [5.41, 5.74) is 0.913. The van der Waals surface area contributed by atoms with E-state index in [1.165, 1.54) is 4.46 Å². The molecule has 1 nitrogen and oxygen atoms in total. The molecule has 1 aliphatic heterocycles. The Balaban J connectivity index is 1.85. The molecule has 3 rings (SSSR count). The summed E-state index contributed by atoms with van der Waals surface area (Å²) in [6.45, 7) is 4.49. The summed E-state index contributed by atoms with van der Waals surface area (Å²) in [6.07, 6.45) is 0. The molecule has 108 valence electrons. The van der Waals surface area contributed by atoms with Gasteiger partial charge in [0.2, 0.25) is 0 Å². The molecule has 0 amide bonds. The molecule has 0 bridgehead atoms. The van der Waals surface area contributed by atoms with E-state index in [-0.39, 0.29) is 10.2 Å². The van der Waals surface area contributed by atoms with Gasteiger partial charge in [-0.15, -0.1) is 0 Å². The van der Waals surface area contributed by atoms with Gasteiger partial charge in [0.05, 0.1) is 0 Å². The van der Waals surface area contributed by atoms with E-state index in [1.807, 2.05) is 36.0 Å². The van der Waals surface area contributed by atoms with Crippen molar-refractivity contribution < 1.29 is 4.79 Å². The molecule has 21 heavy (non-hydrogen) atoms. The van der Waals surface area contributed by atoms with Gasteiger partial charge in [0.1, 0.15) is 0 Å². The third kappa shape index (κ3) is 3.10. The molecule has 1 heterocycles. The fourth-order valence-electron chi connectivity index (χ4n) is 2.61. The van der Waals surface area contributed by atoms with Crippen LogP contribution in [0.1, 0.15) is 24.2 Å². The average molecular weight is 361 g/mol. The van der Waals surface area contributed by atoms with Crippen molar-refractivity contribution in [2.24, 2.45) is 5.92 Å². The molecule has 0 N–H and O–H groups in total. The van der Waals surface area contributed by atoms with Gasteiger partial charge >= 0.3 is 137 Å². The normalized spacial score (nSPS) is 18.4.